The zero-order valence-corrected chi connectivity index (χ0v) is 10.2. The molecule has 2 rings (SSSR count). The smallest absolute Gasteiger partial charge is 0.322 e. The van der Waals surface area contributed by atoms with Gasteiger partial charge in [-0.15, -0.1) is 11.3 Å². The third kappa shape index (κ3) is 2.12. The molecule has 2 aromatic rings. The van der Waals surface area contributed by atoms with Crippen LogP contribution in [-0.4, -0.2) is 33.6 Å². The number of amides is 1. The Morgan fingerprint density at radius 3 is 2.89 bits per heavy atom. The molecule has 18 heavy (non-hydrogen) atoms. The van der Waals surface area contributed by atoms with Crippen molar-refractivity contribution in [3.8, 4) is 5.75 Å². The third-order valence-electron chi connectivity index (χ3n) is 2.37. The van der Waals surface area contributed by atoms with Crippen LogP contribution in [0.1, 0.15) is 16.2 Å². The second kappa shape index (κ2) is 4.61. The van der Waals surface area contributed by atoms with Crippen molar-refractivity contribution in [2.24, 2.45) is 0 Å². The van der Waals surface area contributed by atoms with Gasteiger partial charge in [-0.05, 0) is 18.4 Å². The number of carboxylic acids is 1. The summed E-state index contributed by atoms with van der Waals surface area (Å²) in [6.45, 7) is 1.22. The average Bonchev–Trinajstić information content (AvgIpc) is 2.80. The number of fused-ring (bicyclic) bond motifs is 1. The summed E-state index contributed by atoms with van der Waals surface area (Å²) in [6.07, 6.45) is 0. The second-order valence-electron chi connectivity index (χ2n) is 3.63. The quantitative estimate of drug-likeness (QED) is 0.773. The number of aliphatic carboxylic acids is 1. The van der Waals surface area contributed by atoms with Crippen LogP contribution >= 0.6 is 11.3 Å². The Hall–Kier alpha value is -2.15. The first kappa shape index (κ1) is 12.3. The average molecular weight is 266 g/mol. The minimum atomic E-state index is -1.16. The molecular weight excluding hydrogens is 256 g/mol. The summed E-state index contributed by atoms with van der Waals surface area (Å²) in [7, 11) is 0. The molecule has 1 amide bonds. The molecule has 0 aliphatic heterocycles. The Morgan fingerprint density at radius 2 is 2.22 bits per heavy atom. The predicted molar refractivity (Wildman–Crippen MR) is 66.0 cm³/mol. The predicted octanol–water partition coefficient (Wildman–Crippen LogP) is 1.12. The van der Waals surface area contributed by atoms with Gasteiger partial charge in [0.25, 0.3) is 5.91 Å². The van der Waals surface area contributed by atoms with Crippen molar-refractivity contribution in [3.05, 3.63) is 22.8 Å². The van der Waals surface area contributed by atoms with Crippen molar-refractivity contribution in [3.63, 3.8) is 0 Å². The molecule has 0 saturated heterocycles. The van der Waals surface area contributed by atoms with E-state index in [-0.39, 0.29) is 11.4 Å². The molecular formula is C11H10N2O4S. The molecule has 6 nitrogen and oxygen atoms in total. The van der Waals surface area contributed by atoms with Crippen molar-refractivity contribution in [1.29, 1.82) is 0 Å². The molecule has 0 aliphatic carbocycles. The zero-order valence-electron chi connectivity index (χ0n) is 9.43. The molecule has 0 fully saturated rings. The van der Waals surface area contributed by atoms with Gasteiger partial charge in [0, 0.05) is 5.39 Å². The van der Waals surface area contributed by atoms with Gasteiger partial charge in [-0.25, -0.2) is 4.98 Å². The van der Waals surface area contributed by atoms with E-state index in [4.69, 9.17) is 5.11 Å². The molecule has 7 heteroatoms. The van der Waals surface area contributed by atoms with Gasteiger partial charge in [-0.2, -0.15) is 0 Å². The lowest BCUT2D eigenvalue weighted by Crippen LogP contribution is -2.30. The van der Waals surface area contributed by atoms with Gasteiger partial charge < -0.3 is 15.5 Å². The summed E-state index contributed by atoms with van der Waals surface area (Å²) in [5, 5.41) is 22.9. The molecule has 94 valence electrons. The van der Waals surface area contributed by atoms with E-state index in [1.54, 1.807) is 18.4 Å². The Bertz CT molecular complexity index is 635. The first-order valence-corrected chi connectivity index (χ1v) is 5.95. The summed E-state index contributed by atoms with van der Waals surface area (Å²) in [5.74, 6) is -2.08. The van der Waals surface area contributed by atoms with Gasteiger partial charge in [0.1, 0.15) is 6.54 Å². The largest absolute Gasteiger partial charge is 0.505 e. The number of aryl methyl sites for hydroxylation is 1. The number of thiophene rings is 1. The molecule has 3 N–H and O–H groups in total. The number of carbonyl (C=O) groups is 2. The van der Waals surface area contributed by atoms with Gasteiger partial charge in [0.2, 0.25) is 0 Å². The van der Waals surface area contributed by atoms with Crippen LogP contribution in [-0.2, 0) is 4.79 Å². The van der Waals surface area contributed by atoms with Crippen molar-refractivity contribution in [2.75, 3.05) is 6.54 Å². The maximum Gasteiger partial charge on any atom is 0.322 e. The number of nitrogens with one attached hydrogen (secondary N) is 1. The first-order chi connectivity index (χ1) is 8.50. The van der Waals surface area contributed by atoms with Crippen molar-refractivity contribution < 1.29 is 19.8 Å². The van der Waals surface area contributed by atoms with E-state index in [1.807, 2.05) is 0 Å². The van der Waals surface area contributed by atoms with Crippen molar-refractivity contribution >= 4 is 33.3 Å². The highest BCUT2D eigenvalue weighted by Gasteiger charge is 2.18. The van der Waals surface area contributed by atoms with Crippen LogP contribution in [0.4, 0.5) is 0 Å². The van der Waals surface area contributed by atoms with E-state index in [0.29, 0.717) is 11.1 Å². The number of nitrogens with zero attached hydrogens (tertiary/aromatic N) is 1. The Balaban J connectivity index is 2.41. The molecule has 0 unspecified atom stereocenters. The summed E-state index contributed by atoms with van der Waals surface area (Å²) >= 11 is 1.42. The van der Waals surface area contributed by atoms with Crippen LogP contribution in [0.15, 0.2) is 11.4 Å². The maximum atomic E-state index is 11.7. The molecule has 0 spiro atoms. The summed E-state index contributed by atoms with van der Waals surface area (Å²) in [5.41, 5.74) is 0.470. The number of rotatable bonds is 3. The first-order valence-electron chi connectivity index (χ1n) is 5.07. The highest BCUT2D eigenvalue weighted by atomic mass is 32.1. The van der Waals surface area contributed by atoms with Gasteiger partial charge in [0.05, 0.1) is 10.4 Å². The Kier molecular flexibility index (Phi) is 3.15. The minimum absolute atomic E-state index is 0.153. The normalized spacial score (nSPS) is 10.5. The van der Waals surface area contributed by atoms with Crippen LogP contribution in [0.5, 0.6) is 5.75 Å². The van der Waals surface area contributed by atoms with E-state index < -0.39 is 18.4 Å². The third-order valence-corrected chi connectivity index (χ3v) is 3.39. The number of hydrogen-bond donors (Lipinski definition) is 3. The van der Waals surface area contributed by atoms with Gasteiger partial charge in [0.15, 0.2) is 11.4 Å². The number of hydrogen-bond acceptors (Lipinski definition) is 5. The fraction of sp³-hybridized carbons (Fsp3) is 0.182. The van der Waals surface area contributed by atoms with Gasteiger partial charge >= 0.3 is 5.97 Å². The highest BCUT2D eigenvalue weighted by Crippen LogP contribution is 2.32. The van der Waals surface area contributed by atoms with Gasteiger partial charge in [-0.1, -0.05) is 0 Å². The zero-order chi connectivity index (χ0) is 13.3. The van der Waals surface area contributed by atoms with Gasteiger partial charge in [-0.3, -0.25) is 9.59 Å². The molecule has 0 aromatic carbocycles. The van der Waals surface area contributed by atoms with E-state index in [1.165, 1.54) is 11.3 Å². The van der Waals surface area contributed by atoms with Crippen LogP contribution in [0.3, 0.4) is 0 Å². The minimum Gasteiger partial charge on any atom is -0.505 e. The molecule has 0 atom stereocenters. The van der Waals surface area contributed by atoms with E-state index in [0.717, 1.165) is 4.70 Å². The van der Waals surface area contributed by atoms with Crippen LogP contribution in [0.25, 0.3) is 10.1 Å². The molecule has 0 saturated carbocycles. The standard InChI is InChI=1S/C11H10N2O4S/c1-5-10-6(2-3-18-10)9(16)8(13-5)11(17)12-4-7(14)15/h2-3,16H,4H2,1H3,(H,12,17)(H,14,15). The van der Waals surface area contributed by atoms with E-state index >= 15 is 0 Å². The van der Waals surface area contributed by atoms with Crippen molar-refractivity contribution in [1.82, 2.24) is 10.3 Å². The number of carbonyl (C=O) groups excluding carboxylic acids is 1. The molecule has 0 aliphatic rings. The van der Waals surface area contributed by atoms with Crippen LogP contribution in [0, 0.1) is 6.92 Å². The Labute approximate surface area is 106 Å². The monoisotopic (exact) mass is 266 g/mol. The fourth-order valence-corrected chi connectivity index (χ4v) is 2.42. The van der Waals surface area contributed by atoms with Crippen molar-refractivity contribution in [2.45, 2.75) is 6.92 Å². The number of aromatic nitrogens is 1. The van der Waals surface area contributed by atoms with Crippen LogP contribution < -0.4 is 5.32 Å². The lowest BCUT2D eigenvalue weighted by molar-refractivity contribution is -0.135. The lowest BCUT2D eigenvalue weighted by Gasteiger charge is -2.06. The van der Waals surface area contributed by atoms with E-state index in [2.05, 4.69) is 10.3 Å². The Morgan fingerprint density at radius 1 is 1.50 bits per heavy atom. The summed E-state index contributed by atoms with van der Waals surface area (Å²) in [6, 6.07) is 1.69. The highest BCUT2D eigenvalue weighted by molar-refractivity contribution is 7.17. The van der Waals surface area contributed by atoms with Crippen LogP contribution in [0.2, 0.25) is 0 Å². The number of pyridine rings is 1. The topological polar surface area (TPSA) is 99.5 Å². The SMILES string of the molecule is Cc1nc(C(=O)NCC(=O)O)c(O)c2ccsc12. The number of carboxylic acid groups (broad SMARTS) is 1. The fourth-order valence-electron chi connectivity index (χ4n) is 1.57. The molecule has 2 aromatic heterocycles. The summed E-state index contributed by atoms with van der Waals surface area (Å²) < 4.78 is 0.808. The van der Waals surface area contributed by atoms with E-state index in [9.17, 15) is 14.7 Å². The number of aromatic hydroxyl groups is 1. The summed E-state index contributed by atoms with van der Waals surface area (Å²) in [4.78, 5) is 26.1. The lowest BCUT2D eigenvalue weighted by atomic mass is 10.2. The molecule has 2 heterocycles. The molecule has 0 bridgehead atoms. The molecule has 0 radical (unpaired) electrons. The maximum absolute atomic E-state index is 11.7. The second-order valence-corrected chi connectivity index (χ2v) is 4.55.